The highest BCUT2D eigenvalue weighted by Crippen LogP contribution is 2.39. The van der Waals surface area contributed by atoms with Crippen LogP contribution in [0.3, 0.4) is 0 Å². The molecule has 0 saturated carbocycles. The van der Waals surface area contributed by atoms with Gasteiger partial charge in [-0.2, -0.15) is 0 Å². The molecule has 0 radical (unpaired) electrons. The first kappa shape index (κ1) is 21.7. The van der Waals surface area contributed by atoms with Crippen LogP contribution in [0.1, 0.15) is 36.5 Å². The Hall–Kier alpha value is -2.77. The van der Waals surface area contributed by atoms with Crippen LogP contribution in [0.2, 0.25) is 5.02 Å². The number of ether oxygens (including phenoxy) is 2. The minimum Gasteiger partial charge on any atom is -0.454 e. The van der Waals surface area contributed by atoms with Crippen molar-refractivity contribution in [1.82, 2.24) is 15.1 Å². The van der Waals surface area contributed by atoms with Gasteiger partial charge in [-0.25, -0.2) is 4.79 Å². The number of piperidine rings is 1. The number of fused-ring (bicyclic) bond motifs is 2. The largest absolute Gasteiger partial charge is 0.454 e. The number of amides is 3. The Morgan fingerprint density at radius 1 is 1.06 bits per heavy atom. The fraction of sp³-hybridized carbons (Fsp3) is 0.462. The van der Waals surface area contributed by atoms with Gasteiger partial charge in [0.1, 0.15) is 5.54 Å². The van der Waals surface area contributed by atoms with Crippen LogP contribution in [-0.2, 0) is 24.2 Å². The number of rotatable bonds is 4. The van der Waals surface area contributed by atoms with E-state index in [4.69, 9.17) is 21.1 Å². The Morgan fingerprint density at radius 2 is 1.71 bits per heavy atom. The Balaban J connectivity index is 1.11. The third-order valence-corrected chi connectivity index (χ3v) is 8.33. The number of nitrogens with one attached hydrogen (secondary N) is 1. The molecule has 1 aliphatic carbocycles. The van der Waals surface area contributed by atoms with Crippen molar-refractivity contribution in [2.45, 2.75) is 50.7 Å². The van der Waals surface area contributed by atoms with Gasteiger partial charge in [0.25, 0.3) is 5.91 Å². The van der Waals surface area contributed by atoms with Gasteiger partial charge in [0, 0.05) is 23.7 Å². The molecule has 0 aromatic heterocycles. The number of carbonyl (C=O) groups is 2. The second-order valence-electron chi connectivity index (χ2n) is 9.99. The highest BCUT2D eigenvalue weighted by Gasteiger charge is 2.55. The first-order valence-electron chi connectivity index (χ1n) is 12.0. The van der Waals surface area contributed by atoms with Gasteiger partial charge in [0.15, 0.2) is 11.5 Å². The standard InChI is InChI=1S/C26H28ClN3O4/c1-26(24(31)30(25(32)28-26)20-10-16-4-2-3-5-17(16)11-20)19-6-8-29(9-7-19)14-18-12-22-23(13-21(18)27)34-15-33-22/h2-5,12-13,19-20H,6-11,14-15H2,1H3,(H,28,32). The molecule has 178 valence electrons. The van der Waals surface area contributed by atoms with E-state index >= 15 is 0 Å². The summed E-state index contributed by atoms with van der Waals surface area (Å²) in [6.07, 6.45) is 3.15. The van der Waals surface area contributed by atoms with Crippen molar-refractivity contribution in [1.29, 1.82) is 0 Å². The number of halogens is 1. The van der Waals surface area contributed by atoms with E-state index in [0.717, 1.165) is 50.1 Å². The minimum atomic E-state index is -0.853. The molecule has 8 heteroatoms. The number of hydrogen-bond donors (Lipinski definition) is 1. The lowest BCUT2D eigenvalue weighted by Gasteiger charge is -2.39. The van der Waals surface area contributed by atoms with E-state index in [1.54, 1.807) is 0 Å². The molecular formula is C26H28ClN3O4. The SMILES string of the molecule is CC1(C2CCN(Cc3cc4c(cc3Cl)OCO4)CC2)NC(=O)N(C2Cc3ccccc3C2)C1=O. The Morgan fingerprint density at radius 3 is 2.38 bits per heavy atom. The predicted octanol–water partition coefficient (Wildman–Crippen LogP) is 3.76. The van der Waals surface area contributed by atoms with Crippen LogP contribution in [0.4, 0.5) is 4.79 Å². The number of nitrogens with zero attached hydrogens (tertiary/aromatic N) is 2. The zero-order valence-corrected chi connectivity index (χ0v) is 19.9. The molecule has 1 atom stereocenters. The van der Waals surface area contributed by atoms with E-state index < -0.39 is 5.54 Å². The Bertz CT molecular complexity index is 1140. The summed E-state index contributed by atoms with van der Waals surface area (Å²) < 4.78 is 10.9. The lowest BCUT2D eigenvalue weighted by atomic mass is 9.78. The van der Waals surface area contributed by atoms with E-state index in [0.29, 0.717) is 17.3 Å². The average Bonchev–Trinajstić information content (AvgIpc) is 3.51. The highest BCUT2D eigenvalue weighted by atomic mass is 35.5. The maximum Gasteiger partial charge on any atom is 0.325 e. The zero-order valence-electron chi connectivity index (χ0n) is 19.2. The van der Waals surface area contributed by atoms with Crippen molar-refractivity contribution in [2.24, 2.45) is 5.92 Å². The summed E-state index contributed by atoms with van der Waals surface area (Å²) in [7, 11) is 0. The van der Waals surface area contributed by atoms with Crippen LogP contribution in [0.5, 0.6) is 11.5 Å². The predicted molar refractivity (Wildman–Crippen MR) is 127 cm³/mol. The fourth-order valence-corrected chi connectivity index (χ4v) is 6.21. The highest BCUT2D eigenvalue weighted by molar-refractivity contribution is 6.31. The van der Waals surface area contributed by atoms with Crippen molar-refractivity contribution in [2.75, 3.05) is 19.9 Å². The monoisotopic (exact) mass is 481 g/mol. The first-order chi connectivity index (χ1) is 16.4. The summed E-state index contributed by atoms with van der Waals surface area (Å²) in [6, 6.07) is 11.6. The van der Waals surface area contributed by atoms with Gasteiger partial charge in [-0.3, -0.25) is 14.6 Å². The number of urea groups is 1. The van der Waals surface area contributed by atoms with Crippen molar-refractivity contribution < 1.29 is 19.1 Å². The molecule has 4 aliphatic rings. The third-order valence-electron chi connectivity index (χ3n) is 7.98. The maximum atomic E-state index is 13.6. The molecule has 34 heavy (non-hydrogen) atoms. The number of likely N-dealkylation sites (tertiary alicyclic amines) is 1. The molecule has 2 saturated heterocycles. The molecule has 1 N–H and O–H groups in total. The maximum absolute atomic E-state index is 13.6. The number of imide groups is 1. The van der Waals surface area contributed by atoms with Gasteiger partial charge in [0.2, 0.25) is 6.79 Å². The van der Waals surface area contributed by atoms with Crippen LogP contribution >= 0.6 is 11.6 Å². The molecule has 3 aliphatic heterocycles. The lowest BCUT2D eigenvalue weighted by Crippen LogP contribution is -2.54. The molecule has 2 fully saturated rings. The normalized spacial score (nSPS) is 25.2. The molecular weight excluding hydrogens is 454 g/mol. The van der Waals surface area contributed by atoms with Gasteiger partial charge >= 0.3 is 6.03 Å². The summed E-state index contributed by atoms with van der Waals surface area (Å²) in [5.74, 6) is 1.44. The summed E-state index contributed by atoms with van der Waals surface area (Å²) in [5, 5.41) is 3.74. The quantitative estimate of drug-likeness (QED) is 0.673. The minimum absolute atomic E-state index is 0.0763. The second kappa shape index (κ2) is 8.17. The van der Waals surface area contributed by atoms with Gasteiger partial charge < -0.3 is 14.8 Å². The summed E-state index contributed by atoms with van der Waals surface area (Å²) in [4.78, 5) is 30.4. The van der Waals surface area contributed by atoms with Crippen molar-refractivity contribution in [3.63, 3.8) is 0 Å². The molecule has 2 aromatic rings. The molecule has 2 aromatic carbocycles. The smallest absolute Gasteiger partial charge is 0.325 e. The van der Waals surface area contributed by atoms with Gasteiger partial charge in [-0.1, -0.05) is 35.9 Å². The van der Waals surface area contributed by atoms with Gasteiger partial charge in [-0.15, -0.1) is 0 Å². The van der Waals surface area contributed by atoms with E-state index in [9.17, 15) is 9.59 Å². The number of hydrogen-bond acceptors (Lipinski definition) is 5. The molecule has 3 heterocycles. The van der Waals surface area contributed by atoms with Crippen LogP contribution < -0.4 is 14.8 Å². The first-order valence-corrected chi connectivity index (χ1v) is 12.3. The Labute approximate surface area is 203 Å². The molecule has 1 unspecified atom stereocenters. The Kier molecular flexibility index (Phi) is 5.22. The van der Waals surface area contributed by atoms with Crippen LogP contribution in [-0.4, -0.2) is 53.2 Å². The lowest BCUT2D eigenvalue weighted by molar-refractivity contribution is -0.134. The second-order valence-corrected chi connectivity index (χ2v) is 10.4. The van der Waals surface area contributed by atoms with E-state index in [2.05, 4.69) is 22.3 Å². The fourth-order valence-electron chi connectivity index (χ4n) is 5.99. The van der Waals surface area contributed by atoms with E-state index in [-0.39, 0.29) is 30.7 Å². The number of benzene rings is 2. The topological polar surface area (TPSA) is 71.1 Å². The molecule has 6 rings (SSSR count). The van der Waals surface area contributed by atoms with Crippen molar-refractivity contribution in [3.05, 3.63) is 58.1 Å². The van der Waals surface area contributed by atoms with Crippen LogP contribution in [0.15, 0.2) is 36.4 Å². The summed E-state index contributed by atoms with van der Waals surface area (Å²) >= 11 is 6.47. The summed E-state index contributed by atoms with van der Waals surface area (Å²) in [6.45, 7) is 4.52. The van der Waals surface area contributed by atoms with E-state index in [1.165, 1.54) is 16.0 Å². The molecule has 0 spiro atoms. The molecule has 3 amide bonds. The van der Waals surface area contributed by atoms with Crippen LogP contribution in [0, 0.1) is 5.92 Å². The van der Waals surface area contributed by atoms with Gasteiger partial charge in [-0.05, 0) is 74.4 Å². The zero-order chi connectivity index (χ0) is 23.4. The summed E-state index contributed by atoms with van der Waals surface area (Å²) in [5.41, 5.74) is 2.62. The van der Waals surface area contributed by atoms with E-state index in [1.807, 2.05) is 31.2 Å². The molecule has 7 nitrogen and oxygen atoms in total. The molecule has 0 bridgehead atoms. The third kappa shape index (κ3) is 3.53. The van der Waals surface area contributed by atoms with Crippen LogP contribution in [0.25, 0.3) is 0 Å². The van der Waals surface area contributed by atoms with Crippen molar-refractivity contribution >= 4 is 23.5 Å². The number of carbonyl (C=O) groups excluding carboxylic acids is 2. The average molecular weight is 482 g/mol. The van der Waals surface area contributed by atoms with Gasteiger partial charge in [0.05, 0.1) is 0 Å². The van der Waals surface area contributed by atoms with Crippen molar-refractivity contribution in [3.8, 4) is 11.5 Å².